The Balaban J connectivity index is 0.00000169. The standard InChI is InChI=1S/C8H7NO3S.ClH/c9-5-7-1-3-8(4-2-7)6-13(10,11)12;/h1-4H,6H2,(H,10,11,12);1H. The highest BCUT2D eigenvalue weighted by atomic mass is 35.5. The van der Waals surface area contributed by atoms with Gasteiger partial charge in [0.1, 0.15) is 5.75 Å². The van der Waals surface area contributed by atoms with Crippen LogP contribution in [-0.4, -0.2) is 13.0 Å². The molecule has 0 saturated carbocycles. The Bertz CT molecular complexity index is 433. The molecule has 1 N–H and O–H groups in total. The van der Waals surface area contributed by atoms with Crippen LogP contribution >= 0.6 is 12.4 Å². The van der Waals surface area contributed by atoms with E-state index < -0.39 is 15.9 Å². The van der Waals surface area contributed by atoms with E-state index >= 15 is 0 Å². The van der Waals surface area contributed by atoms with E-state index in [-0.39, 0.29) is 12.4 Å². The SMILES string of the molecule is Cl.N#Cc1ccc(CS(=O)(=O)O)cc1. The largest absolute Gasteiger partial charge is 0.285 e. The number of hydrogen-bond donors (Lipinski definition) is 1. The predicted molar refractivity (Wildman–Crippen MR) is 53.7 cm³/mol. The van der Waals surface area contributed by atoms with Gasteiger partial charge in [-0.1, -0.05) is 12.1 Å². The van der Waals surface area contributed by atoms with Crippen molar-refractivity contribution >= 4 is 22.5 Å². The third-order valence-corrected chi connectivity index (χ3v) is 2.13. The van der Waals surface area contributed by atoms with Crippen molar-refractivity contribution in [3.05, 3.63) is 35.4 Å². The molecule has 1 aromatic rings. The van der Waals surface area contributed by atoms with Gasteiger partial charge in [0.2, 0.25) is 0 Å². The Labute approximate surface area is 88.3 Å². The molecule has 0 unspecified atom stereocenters. The quantitative estimate of drug-likeness (QED) is 0.783. The zero-order valence-corrected chi connectivity index (χ0v) is 8.68. The molecule has 0 heterocycles. The molecule has 0 aliphatic heterocycles. The lowest BCUT2D eigenvalue weighted by Crippen LogP contribution is -2.01. The summed E-state index contributed by atoms with van der Waals surface area (Å²) in [5, 5.41) is 8.44. The summed E-state index contributed by atoms with van der Waals surface area (Å²) in [6, 6.07) is 7.89. The molecule has 14 heavy (non-hydrogen) atoms. The van der Waals surface area contributed by atoms with Gasteiger partial charge in [-0.3, -0.25) is 4.55 Å². The fourth-order valence-electron chi connectivity index (χ4n) is 0.886. The van der Waals surface area contributed by atoms with Crippen molar-refractivity contribution in [2.45, 2.75) is 5.75 Å². The van der Waals surface area contributed by atoms with Gasteiger partial charge >= 0.3 is 0 Å². The summed E-state index contributed by atoms with van der Waals surface area (Å²) in [6.07, 6.45) is 0. The monoisotopic (exact) mass is 233 g/mol. The van der Waals surface area contributed by atoms with Crippen molar-refractivity contribution in [1.29, 1.82) is 5.26 Å². The van der Waals surface area contributed by atoms with E-state index in [1.807, 2.05) is 6.07 Å². The third-order valence-electron chi connectivity index (χ3n) is 1.43. The minimum Gasteiger partial charge on any atom is -0.285 e. The van der Waals surface area contributed by atoms with E-state index in [1.165, 1.54) is 24.3 Å². The molecule has 0 saturated heterocycles. The third kappa shape index (κ3) is 4.23. The molecule has 1 aromatic carbocycles. The van der Waals surface area contributed by atoms with E-state index in [1.54, 1.807) is 0 Å². The van der Waals surface area contributed by atoms with Crippen molar-refractivity contribution in [3.63, 3.8) is 0 Å². The van der Waals surface area contributed by atoms with Gasteiger partial charge in [0.05, 0.1) is 11.6 Å². The second-order valence-corrected chi connectivity index (χ2v) is 3.99. The maximum atomic E-state index is 10.4. The Morgan fingerprint density at radius 1 is 1.29 bits per heavy atom. The topological polar surface area (TPSA) is 78.2 Å². The predicted octanol–water partition coefficient (Wildman–Crippen LogP) is 1.37. The highest BCUT2D eigenvalue weighted by molar-refractivity contribution is 7.85. The summed E-state index contributed by atoms with van der Waals surface area (Å²) in [4.78, 5) is 0. The Morgan fingerprint density at radius 3 is 2.14 bits per heavy atom. The van der Waals surface area contributed by atoms with Crippen LogP contribution in [0.1, 0.15) is 11.1 Å². The van der Waals surface area contributed by atoms with Crippen molar-refractivity contribution in [1.82, 2.24) is 0 Å². The van der Waals surface area contributed by atoms with Crippen LogP contribution in [0.15, 0.2) is 24.3 Å². The lowest BCUT2D eigenvalue weighted by atomic mass is 10.2. The molecule has 0 radical (unpaired) electrons. The first-order valence-electron chi connectivity index (χ1n) is 3.45. The molecule has 0 atom stereocenters. The normalized spacial score (nSPS) is 10.0. The van der Waals surface area contributed by atoms with Gasteiger partial charge < -0.3 is 0 Å². The summed E-state index contributed by atoms with van der Waals surface area (Å²) in [5.41, 5.74) is 0.917. The van der Waals surface area contributed by atoms with Crippen molar-refractivity contribution in [2.24, 2.45) is 0 Å². The van der Waals surface area contributed by atoms with Gasteiger partial charge in [-0.05, 0) is 17.7 Å². The smallest absolute Gasteiger partial charge is 0.269 e. The first kappa shape index (κ1) is 12.9. The number of nitrogens with zero attached hydrogens (tertiary/aromatic N) is 1. The van der Waals surface area contributed by atoms with E-state index in [0.717, 1.165) is 0 Å². The van der Waals surface area contributed by atoms with Crippen LogP contribution in [0.4, 0.5) is 0 Å². The highest BCUT2D eigenvalue weighted by Crippen LogP contribution is 2.06. The second kappa shape index (κ2) is 4.96. The molecular weight excluding hydrogens is 226 g/mol. The number of benzene rings is 1. The average molecular weight is 234 g/mol. The van der Waals surface area contributed by atoms with Crippen molar-refractivity contribution < 1.29 is 13.0 Å². The van der Waals surface area contributed by atoms with Gasteiger partial charge in [0.15, 0.2) is 0 Å². The molecule has 1 rings (SSSR count). The maximum Gasteiger partial charge on any atom is 0.269 e. The summed E-state index contributed by atoms with van der Waals surface area (Å²) in [5.74, 6) is -0.418. The minimum absolute atomic E-state index is 0. The van der Waals surface area contributed by atoms with E-state index in [2.05, 4.69) is 0 Å². The van der Waals surface area contributed by atoms with Crippen LogP contribution in [-0.2, 0) is 15.9 Å². The van der Waals surface area contributed by atoms with Gasteiger partial charge in [0.25, 0.3) is 10.1 Å². The molecule has 4 nitrogen and oxygen atoms in total. The second-order valence-electron chi connectivity index (χ2n) is 2.53. The van der Waals surface area contributed by atoms with Gasteiger partial charge in [-0.25, -0.2) is 0 Å². The lowest BCUT2D eigenvalue weighted by Gasteiger charge is -1.97. The van der Waals surface area contributed by atoms with Gasteiger partial charge in [-0.15, -0.1) is 12.4 Å². The summed E-state index contributed by atoms with van der Waals surface area (Å²) < 4.78 is 29.4. The van der Waals surface area contributed by atoms with Gasteiger partial charge in [-0.2, -0.15) is 13.7 Å². The maximum absolute atomic E-state index is 10.4. The fourth-order valence-corrected chi connectivity index (χ4v) is 1.50. The molecule has 0 bridgehead atoms. The zero-order chi connectivity index (χ0) is 9.90. The molecule has 0 amide bonds. The Kier molecular flexibility index (Phi) is 4.57. The summed E-state index contributed by atoms with van der Waals surface area (Å²) in [7, 11) is -3.98. The molecular formula is C8H8ClNO3S. The molecule has 0 aromatic heterocycles. The molecule has 0 fully saturated rings. The van der Waals surface area contributed by atoms with Crippen LogP contribution in [0.2, 0.25) is 0 Å². The molecule has 76 valence electrons. The number of halogens is 1. The van der Waals surface area contributed by atoms with Crippen molar-refractivity contribution in [3.8, 4) is 6.07 Å². The zero-order valence-electron chi connectivity index (χ0n) is 7.04. The first-order chi connectivity index (χ1) is 6.01. The van der Waals surface area contributed by atoms with Crippen LogP contribution < -0.4 is 0 Å². The highest BCUT2D eigenvalue weighted by Gasteiger charge is 2.05. The van der Waals surface area contributed by atoms with Crippen LogP contribution in [0, 0.1) is 11.3 Å². The summed E-state index contributed by atoms with van der Waals surface area (Å²) in [6.45, 7) is 0. The fraction of sp³-hybridized carbons (Fsp3) is 0.125. The number of rotatable bonds is 2. The Hall–Kier alpha value is -1.09. The molecule has 6 heteroatoms. The first-order valence-corrected chi connectivity index (χ1v) is 5.06. The molecule has 0 aliphatic rings. The molecule has 0 spiro atoms. The van der Waals surface area contributed by atoms with Crippen LogP contribution in [0.5, 0.6) is 0 Å². The van der Waals surface area contributed by atoms with Crippen LogP contribution in [0.25, 0.3) is 0 Å². The minimum atomic E-state index is -3.98. The summed E-state index contributed by atoms with van der Waals surface area (Å²) >= 11 is 0. The number of hydrogen-bond acceptors (Lipinski definition) is 3. The lowest BCUT2D eigenvalue weighted by molar-refractivity contribution is 0.482. The van der Waals surface area contributed by atoms with Gasteiger partial charge in [0, 0.05) is 0 Å². The number of nitriles is 1. The Morgan fingerprint density at radius 2 is 1.79 bits per heavy atom. The van der Waals surface area contributed by atoms with Crippen LogP contribution in [0.3, 0.4) is 0 Å². The van der Waals surface area contributed by atoms with E-state index in [9.17, 15) is 8.42 Å². The van der Waals surface area contributed by atoms with Crippen molar-refractivity contribution in [2.75, 3.05) is 0 Å². The average Bonchev–Trinajstić information content (AvgIpc) is 2.03. The van der Waals surface area contributed by atoms with E-state index in [4.69, 9.17) is 9.81 Å². The van der Waals surface area contributed by atoms with E-state index in [0.29, 0.717) is 11.1 Å². The molecule has 0 aliphatic carbocycles.